The molecule has 0 fully saturated rings. The van der Waals surface area contributed by atoms with Gasteiger partial charge in [-0.3, -0.25) is 9.59 Å². The highest BCUT2D eigenvalue weighted by atomic mass is 35.5. The molecule has 0 bridgehead atoms. The summed E-state index contributed by atoms with van der Waals surface area (Å²) in [4.78, 5) is 29.2. The van der Waals surface area contributed by atoms with Crippen LogP contribution >= 0.6 is 23.2 Å². The Hall–Kier alpha value is -4.93. The van der Waals surface area contributed by atoms with Crippen molar-refractivity contribution in [2.75, 3.05) is 13.7 Å². The Morgan fingerprint density at radius 1 is 1.04 bits per heavy atom. The summed E-state index contributed by atoms with van der Waals surface area (Å²) in [5.74, 6) is 0.157. The summed E-state index contributed by atoms with van der Waals surface area (Å²) >= 11 is 12.9. The number of carbonyl (C=O) groups is 2. The van der Waals surface area contributed by atoms with Gasteiger partial charge in [-0.05, 0) is 60.0 Å². The van der Waals surface area contributed by atoms with Crippen molar-refractivity contribution < 1.29 is 14.3 Å². The SMILES string of the molecule is COc1ccc(/C=C2\CN(C(=O)Cn3ccnn3)Cc3c(C(=O)N[C@H](C)c4ccccc4)nn(-c4ccc(Cl)cc4Cl)c32)cc1. The van der Waals surface area contributed by atoms with Crippen LogP contribution < -0.4 is 10.1 Å². The number of amides is 2. The summed E-state index contributed by atoms with van der Waals surface area (Å²) in [7, 11) is 1.61. The second kappa shape index (κ2) is 13.0. The fraction of sp³-hybridized carbons (Fsp3) is 0.182. The molecule has 5 aromatic rings. The first-order valence-corrected chi connectivity index (χ1v) is 15.0. The molecule has 1 aliphatic rings. The number of hydrogen-bond acceptors (Lipinski definition) is 6. The third-order valence-electron chi connectivity index (χ3n) is 7.58. The highest BCUT2D eigenvalue weighted by Crippen LogP contribution is 2.36. The van der Waals surface area contributed by atoms with Gasteiger partial charge in [0, 0.05) is 23.3 Å². The van der Waals surface area contributed by atoms with Crippen molar-refractivity contribution in [3.8, 4) is 11.4 Å². The van der Waals surface area contributed by atoms with Crippen LogP contribution in [0.25, 0.3) is 17.3 Å². The van der Waals surface area contributed by atoms with Gasteiger partial charge in [0.05, 0.1) is 42.3 Å². The van der Waals surface area contributed by atoms with Gasteiger partial charge in [-0.1, -0.05) is 70.9 Å². The lowest BCUT2D eigenvalue weighted by Crippen LogP contribution is -2.38. The van der Waals surface area contributed by atoms with E-state index < -0.39 is 0 Å². The van der Waals surface area contributed by atoms with Crippen LogP contribution in [-0.4, -0.2) is 55.1 Å². The van der Waals surface area contributed by atoms with Crippen LogP contribution in [0.5, 0.6) is 5.75 Å². The van der Waals surface area contributed by atoms with Gasteiger partial charge in [0.1, 0.15) is 12.3 Å². The lowest BCUT2D eigenvalue weighted by atomic mass is 9.97. The third-order valence-corrected chi connectivity index (χ3v) is 8.11. The van der Waals surface area contributed by atoms with Crippen molar-refractivity contribution in [1.29, 1.82) is 0 Å². The molecule has 0 unspecified atom stereocenters. The first kappa shape index (κ1) is 30.1. The molecule has 12 heteroatoms. The average Bonchev–Trinajstić information content (AvgIpc) is 3.70. The lowest BCUT2D eigenvalue weighted by Gasteiger charge is -2.30. The molecule has 1 N–H and O–H groups in total. The fourth-order valence-electron chi connectivity index (χ4n) is 5.30. The van der Waals surface area contributed by atoms with E-state index in [1.165, 1.54) is 10.9 Å². The van der Waals surface area contributed by atoms with Crippen molar-refractivity contribution >= 4 is 46.7 Å². The monoisotopic (exact) mass is 641 g/mol. The van der Waals surface area contributed by atoms with E-state index in [2.05, 4.69) is 15.6 Å². The molecule has 0 saturated heterocycles. The van der Waals surface area contributed by atoms with Crippen LogP contribution in [0.1, 0.15) is 45.8 Å². The van der Waals surface area contributed by atoms with Crippen molar-refractivity contribution in [3.63, 3.8) is 0 Å². The molecular formula is C33H29Cl2N7O3. The maximum Gasteiger partial charge on any atom is 0.272 e. The van der Waals surface area contributed by atoms with E-state index in [0.717, 1.165) is 22.4 Å². The highest BCUT2D eigenvalue weighted by molar-refractivity contribution is 6.35. The van der Waals surface area contributed by atoms with E-state index in [-0.39, 0.29) is 43.2 Å². The largest absolute Gasteiger partial charge is 0.497 e. The van der Waals surface area contributed by atoms with Crippen molar-refractivity contribution in [1.82, 2.24) is 35.0 Å². The van der Waals surface area contributed by atoms with Crippen LogP contribution in [0, 0.1) is 0 Å². The molecule has 0 aliphatic carbocycles. The molecule has 45 heavy (non-hydrogen) atoms. The topological polar surface area (TPSA) is 107 Å². The molecule has 3 aromatic carbocycles. The van der Waals surface area contributed by atoms with E-state index in [0.29, 0.717) is 27.0 Å². The predicted molar refractivity (Wildman–Crippen MR) is 172 cm³/mol. The van der Waals surface area contributed by atoms with Crippen molar-refractivity contribution in [3.05, 3.63) is 123 Å². The molecule has 0 radical (unpaired) electrons. The summed E-state index contributed by atoms with van der Waals surface area (Å²) in [6.07, 6.45) is 5.13. The number of fused-ring (bicyclic) bond motifs is 1. The number of nitrogens with zero attached hydrogens (tertiary/aromatic N) is 6. The summed E-state index contributed by atoms with van der Waals surface area (Å²) in [5, 5.41) is 16.5. The molecule has 1 aliphatic heterocycles. The van der Waals surface area contributed by atoms with Crippen molar-refractivity contribution in [2.45, 2.75) is 26.1 Å². The van der Waals surface area contributed by atoms with Crippen LogP contribution in [0.4, 0.5) is 0 Å². The van der Waals surface area contributed by atoms with Gasteiger partial charge in [0.15, 0.2) is 5.69 Å². The number of methoxy groups -OCH3 is 1. The molecule has 0 spiro atoms. The van der Waals surface area contributed by atoms with Gasteiger partial charge in [-0.15, -0.1) is 5.10 Å². The Morgan fingerprint density at radius 2 is 1.82 bits per heavy atom. The van der Waals surface area contributed by atoms with Gasteiger partial charge in [-0.2, -0.15) is 5.10 Å². The second-order valence-corrected chi connectivity index (χ2v) is 11.4. The second-order valence-electron chi connectivity index (χ2n) is 10.6. The zero-order chi connectivity index (χ0) is 31.5. The van der Waals surface area contributed by atoms with Gasteiger partial charge in [0.25, 0.3) is 5.91 Å². The molecule has 228 valence electrons. The number of ether oxygens (including phenoxy) is 1. The number of nitrogens with one attached hydrogen (secondary N) is 1. The maximum absolute atomic E-state index is 14.0. The molecule has 3 heterocycles. The Labute approximate surface area is 269 Å². The van der Waals surface area contributed by atoms with Crippen LogP contribution in [0.15, 0.2) is 85.2 Å². The normalized spacial score (nSPS) is 14.2. The van der Waals surface area contributed by atoms with E-state index in [1.54, 1.807) is 41.1 Å². The van der Waals surface area contributed by atoms with Crippen molar-refractivity contribution in [2.24, 2.45) is 0 Å². The van der Waals surface area contributed by atoms with Gasteiger partial charge in [0.2, 0.25) is 5.91 Å². The van der Waals surface area contributed by atoms with Crippen LogP contribution in [0.2, 0.25) is 10.0 Å². The van der Waals surface area contributed by atoms with E-state index in [9.17, 15) is 9.59 Å². The molecule has 2 aromatic heterocycles. The van der Waals surface area contributed by atoms with Crippen LogP contribution in [0.3, 0.4) is 0 Å². The minimum atomic E-state index is -0.374. The van der Waals surface area contributed by atoms with Crippen LogP contribution in [-0.2, 0) is 17.9 Å². The average molecular weight is 643 g/mol. The van der Waals surface area contributed by atoms with E-state index in [4.69, 9.17) is 33.0 Å². The highest BCUT2D eigenvalue weighted by Gasteiger charge is 2.34. The van der Waals surface area contributed by atoms with Gasteiger partial charge in [-0.25, -0.2) is 9.36 Å². The number of benzene rings is 3. The van der Waals surface area contributed by atoms with Gasteiger partial charge >= 0.3 is 0 Å². The Bertz CT molecular complexity index is 1870. The number of rotatable bonds is 8. The number of aromatic nitrogens is 5. The summed E-state index contributed by atoms with van der Waals surface area (Å²) < 4.78 is 8.48. The number of hydrogen-bond donors (Lipinski definition) is 1. The quantitative estimate of drug-likeness (QED) is 0.228. The Balaban J connectivity index is 1.49. The molecule has 0 saturated carbocycles. The summed E-state index contributed by atoms with van der Waals surface area (Å²) in [6, 6.07) is 22.1. The standard InChI is InChI=1S/C33H29Cl2N7O3/c1-21(23-6-4-3-5-7-23)37-33(44)31-27-19-40(30(43)20-41-15-14-36-39-41)18-24(16-22-8-11-26(45-2)12-9-22)32(27)42(38-31)29-13-10-25(34)17-28(29)35/h3-17,21H,18-20H2,1-2H3,(H,37,44)/b24-16+/t21-/m1/s1. The molecular weight excluding hydrogens is 613 g/mol. The zero-order valence-corrected chi connectivity index (χ0v) is 26.0. The smallest absolute Gasteiger partial charge is 0.272 e. The lowest BCUT2D eigenvalue weighted by molar-refractivity contribution is -0.132. The Kier molecular flexibility index (Phi) is 8.68. The fourth-order valence-corrected chi connectivity index (χ4v) is 5.79. The maximum atomic E-state index is 14.0. The Morgan fingerprint density at radius 3 is 2.51 bits per heavy atom. The molecule has 2 amide bonds. The van der Waals surface area contributed by atoms with E-state index in [1.807, 2.05) is 67.6 Å². The van der Waals surface area contributed by atoms with Gasteiger partial charge < -0.3 is 15.0 Å². The molecule has 10 nitrogen and oxygen atoms in total. The predicted octanol–water partition coefficient (Wildman–Crippen LogP) is 5.85. The molecule has 6 rings (SSSR count). The first-order valence-electron chi connectivity index (χ1n) is 14.2. The minimum absolute atomic E-state index is 0.00509. The number of halogens is 2. The first-order chi connectivity index (χ1) is 21.8. The number of carbonyl (C=O) groups excluding carboxylic acids is 2. The minimum Gasteiger partial charge on any atom is -0.497 e. The summed E-state index contributed by atoms with van der Waals surface area (Å²) in [6.45, 7) is 2.31. The summed E-state index contributed by atoms with van der Waals surface area (Å²) in [5.41, 5.74) is 4.61. The molecule has 1 atom stereocenters. The zero-order valence-electron chi connectivity index (χ0n) is 24.5. The third kappa shape index (κ3) is 6.47. The van der Waals surface area contributed by atoms with E-state index >= 15 is 0 Å².